The number of carbonyl (C=O) groups is 2. The molecule has 1 atom stereocenters. The molecule has 11 nitrogen and oxygen atoms in total. The molecular weight excluding hydrogens is 590 g/mol. The number of nitrogens with one attached hydrogen (secondary N) is 2. The summed E-state index contributed by atoms with van der Waals surface area (Å²) in [6.07, 6.45) is 0. The van der Waals surface area contributed by atoms with E-state index < -0.39 is 21.0 Å². The number of carbonyl (C=O) groups excluding carboxylic acids is 2. The van der Waals surface area contributed by atoms with Crippen molar-refractivity contribution < 1.29 is 19.4 Å². The maximum atomic E-state index is 13.5. The van der Waals surface area contributed by atoms with Crippen LogP contribution in [0.5, 0.6) is 0 Å². The molecule has 0 radical (unpaired) electrons. The topological polar surface area (TPSA) is 157 Å². The number of benzene rings is 4. The number of amides is 2. The van der Waals surface area contributed by atoms with Gasteiger partial charge in [-0.15, -0.1) is 23.1 Å². The summed E-state index contributed by atoms with van der Waals surface area (Å²) in [7, 11) is 0. The lowest BCUT2D eigenvalue weighted by molar-refractivity contribution is -0.385. The van der Waals surface area contributed by atoms with Crippen molar-refractivity contribution in [1.29, 1.82) is 0 Å². The minimum Gasteiger partial charge on any atom is -0.322 e. The van der Waals surface area contributed by atoms with Gasteiger partial charge >= 0.3 is 0 Å². The van der Waals surface area contributed by atoms with Gasteiger partial charge in [0, 0.05) is 51.4 Å². The molecule has 2 amide bonds. The monoisotopic (exact) mass is 611 g/mol. The summed E-state index contributed by atoms with van der Waals surface area (Å²) in [5, 5.41) is 29.2. The fraction of sp³-hybridized carbons (Fsp3) is 0.0333. The molecule has 0 spiro atoms. The Balaban J connectivity index is 1.29. The lowest BCUT2D eigenvalue weighted by atomic mass is 10.1. The highest BCUT2D eigenvalue weighted by Gasteiger charge is 2.23. The van der Waals surface area contributed by atoms with Crippen LogP contribution in [0, 0.1) is 20.2 Å². The Bertz CT molecular complexity index is 1810. The molecular formula is C30H21N5O6S2. The molecule has 0 saturated heterocycles. The summed E-state index contributed by atoms with van der Waals surface area (Å²) in [6.45, 7) is 0. The second-order valence-corrected chi connectivity index (χ2v) is 11.1. The zero-order chi connectivity index (χ0) is 30.3. The minimum absolute atomic E-state index is 0.0498. The predicted molar refractivity (Wildman–Crippen MR) is 165 cm³/mol. The van der Waals surface area contributed by atoms with Crippen LogP contribution in [0.2, 0.25) is 0 Å². The van der Waals surface area contributed by atoms with Gasteiger partial charge in [0.05, 0.1) is 15.5 Å². The first-order chi connectivity index (χ1) is 20.8. The second-order valence-electron chi connectivity index (χ2n) is 9.03. The van der Waals surface area contributed by atoms with Crippen LogP contribution in [0.25, 0.3) is 11.3 Å². The molecule has 0 aliphatic rings. The first-order valence-corrected chi connectivity index (χ1v) is 14.4. The van der Waals surface area contributed by atoms with Gasteiger partial charge in [0.1, 0.15) is 5.25 Å². The summed E-state index contributed by atoms with van der Waals surface area (Å²) >= 11 is 2.52. The maximum Gasteiger partial charge on any atom is 0.270 e. The van der Waals surface area contributed by atoms with E-state index in [1.165, 1.54) is 59.5 Å². The lowest BCUT2D eigenvalue weighted by Crippen LogP contribution is -2.19. The van der Waals surface area contributed by atoms with Crippen molar-refractivity contribution in [3.8, 4) is 11.3 Å². The van der Waals surface area contributed by atoms with Crippen molar-refractivity contribution in [3.05, 3.63) is 140 Å². The number of nitro benzene ring substituents is 2. The molecule has 5 rings (SSSR count). The summed E-state index contributed by atoms with van der Waals surface area (Å²) in [4.78, 5) is 52.4. The Labute approximate surface area is 252 Å². The molecule has 43 heavy (non-hydrogen) atoms. The van der Waals surface area contributed by atoms with Crippen molar-refractivity contribution in [2.45, 2.75) is 10.1 Å². The number of aromatic nitrogens is 1. The van der Waals surface area contributed by atoms with Gasteiger partial charge in [0.2, 0.25) is 5.91 Å². The SMILES string of the molecule is O=C(Nc1ccc(SC(C(=O)Nc2nc(-c3cccc([N+](=O)[O-])c3)cs2)c2ccccc2)cc1)c1cccc([N+](=O)[O-])c1. The van der Waals surface area contributed by atoms with Crippen LogP contribution in [-0.2, 0) is 4.79 Å². The normalized spacial score (nSPS) is 11.3. The summed E-state index contributed by atoms with van der Waals surface area (Å²) in [5.74, 6) is -0.794. The summed E-state index contributed by atoms with van der Waals surface area (Å²) in [5.41, 5.74) is 2.26. The molecule has 2 N–H and O–H groups in total. The number of nitrogens with zero attached hydrogens (tertiary/aromatic N) is 3. The van der Waals surface area contributed by atoms with Gasteiger partial charge in [-0.3, -0.25) is 29.8 Å². The van der Waals surface area contributed by atoms with E-state index in [2.05, 4.69) is 15.6 Å². The molecule has 1 aromatic heterocycles. The third kappa shape index (κ3) is 7.28. The number of thioether (sulfide) groups is 1. The molecule has 4 aromatic carbocycles. The number of anilines is 2. The van der Waals surface area contributed by atoms with Gasteiger partial charge in [-0.2, -0.15) is 0 Å². The predicted octanol–water partition coefficient (Wildman–Crippen LogP) is 7.35. The molecule has 1 unspecified atom stereocenters. The van der Waals surface area contributed by atoms with Crippen LogP contribution < -0.4 is 10.6 Å². The third-order valence-corrected chi connectivity index (χ3v) is 8.14. The van der Waals surface area contributed by atoms with E-state index in [9.17, 15) is 29.8 Å². The van der Waals surface area contributed by atoms with Crippen LogP contribution in [0.1, 0.15) is 21.2 Å². The van der Waals surface area contributed by atoms with Gasteiger partial charge in [-0.25, -0.2) is 4.98 Å². The fourth-order valence-electron chi connectivity index (χ4n) is 4.03. The van der Waals surface area contributed by atoms with Crippen molar-refractivity contribution in [2.24, 2.45) is 0 Å². The Hall–Kier alpha value is -5.40. The lowest BCUT2D eigenvalue weighted by Gasteiger charge is -2.16. The van der Waals surface area contributed by atoms with Crippen LogP contribution in [-0.4, -0.2) is 26.6 Å². The van der Waals surface area contributed by atoms with Crippen LogP contribution in [0.4, 0.5) is 22.2 Å². The molecule has 1 heterocycles. The largest absolute Gasteiger partial charge is 0.322 e. The van der Waals surface area contributed by atoms with Crippen molar-refractivity contribution in [3.63, 3.8) is 0 Å². The average Bonchev–Trinajstić information content (AvgIpc) is 3.49. The van der Waals surface area contributed by atoms with Crippen LogP contribution >= 0.6 is 23.1 Å². The quantitative estimate of drug-likeness (QED) is 0.0942. The second kappa shape index (κ2) is 13.1. The van der Waals surface area contributed by atoms with Crippen LogP contribution in [0.3, 0.4) is 0 Å². The molecule has 13 heteroatoms. The number of nitro groups is 2. The Morgan fingerprint density at radius 1 is 0.791 bits per heavy atom. The number of non-ortho nitro benzene ring substituents is 2. The zero-order valence-corrected chi connectivity index (χ0v) is 23.7. The van der Waals surface area contributed by atoms with Crippen molar-refractivity contribution in [1.82, 2.24) is 4.98 Å². The van der Waals surface area contributed by atoms with Gasteiger partial charge in [-0.05, 0) is 35.9 Å². The number of thiazole rings is 1. The molecule has 0 bridgehead atoms. The van der Waals surface area contributed by atoms with E-state index in [0.29, 0.717) is 22.1 Å². The molecule has 214 valence electrons. The fourth-order valence-corrected chi connectivity index (χ4v) is 5.78. The molecule has 0 saturated carbocycles. The number of hydrogen-bond acceptors (Lipinski definition) is 9. The van der Waals surface area contributed by atoms with Gasteiger partial charge in [0.25, 0.3) is 17.3 Å². The van der Waals surface area contributed by atoms with E-state index in [0.717, 1.165) is 10.5 Å². The van der Waals surface area contributed by atoms with Crippen molar-refractivity contribution in [2.75, 3.05) is 10.6 Å². The highest BCUT2D eigenvalue weighted by Crippen LogP contribution is 2.37. The van der Waals surface area contributed by atoms with Gasteiger partial charge in [0.15, 0.2) is 5.13 Å². The number of rotatable bonds is 10. The smallest absolute Gasteiger partial charge is 0.270 e. The Morgan fingerprint density at radius 2 is 1.47 bits per heavy atom. The standard InChI is InChI=1S/C30H21N5O6S2/c36-28(21-9-5-11-24(17-21)35(40)41)31-22-12-14-25(15-13-22)43-27(19-6-2-1-3-7-19)29(37)33-30-32-26(18-42-30)20-8-4-10-23(16-20)34(38)39/h1-18,27H,(H,31,36)(H,32,33,37). The minimum atomic E-state index is -0.642. The summed E-state index contributed by atoms with van der Waals surface area (Å²) in [6, 6.07) is 27.7. The van der Waals surface area contributed by atoms with E-state index >= 15 is 0 Å². The highest BCUT2D eigenvalue weighted by molar-refractivity contribution is 8.00. The van der Waals surface area contributed by atoms with Gasteiger partial charge in [-0.1, -0.05) is 48.5 Å². The average molecular weight is 612 g/mol. The molecule has 0 aliphatic carbocycles. The van der Waals surface area contributed by atoms with Crippen molar-refractivity contribution >= 4 is 57.1 Å². The van der Waals surface area contributed by atoms with E-state index in [1.54, 1.807) is 41.8 Å². The molecule has 5 aromatic rings. The molecule has 0 fully saturated rings. The Morgan fingerprint density at radius 3 is 2.16 bits per heavy atom. The first-order valence-electron chi connectivity index (χ1n) is 12.7. The van der Waals surface area contributed by atoms with E-state index in [-0.39, 0.29) is 22.8 Å². The molecule has 0 aliphatic heterocycles. The van der Waals surface area contributed by atoms with Gasteiger partial charge < -0.3 is 10.6 Å². The Kier molecular flexibility index (Phi) is 8.84. The van der Waals surface area contributed by atoms with Crippen LogP contribution in [0.15, 0.2) is 113 Å². The zero-order valence-electron chi connectivity index (χ0n) is 22.1. The third-order valence-electron chi connectivity index (χ3n) is 6.11. The summed E-state index contributed by atoms with van der Waals surface area (Å²) < 4.78 is 0. The maximum absolute atomic E-state index is 13.5. The van der Waals surface area contributed by atoms with E-state index in [4.69, 9.17) is 0 Å². The first kappa shape index (κ1) is 29.1. The van der Waals surface area contributed by atoms with E-state index in [1.807, 2.05) is 30.3 Å². The number of hydrogen-bond donors (Lipinski definition) is 2. The highest BCUT2D eigenvalue weighted by atomic mass is 32.2.